The fourth-order valence-corrected chi connectivity index (χ4v) is 5.91. The molecule has 3 atom stereocenters. The van der Waals surface area contributed by atoms with Crippen LogP contribution >= 0.6 is 23.1 Å². The standard InChI is InChI=1S/C23H28N6O8S2/c1-23(2,21(34)35)37-27-14(13-10-39-22(24)25-13)17(30)26-15-18(31)28-16(20(32)33)11(9-38-19(15)28)5-6-12-7-8-29(3,4)36-12/h5-6,10,12,15,19H,7-9H2,1-4H3,(H4-,24,25,26,30,32,33,34,35)/p+1/b6-5+,27-14-/t12-,15-,19-/m1/s1. The SMILES string of the molecule is CC(C)(O/N=C(\C(=O)N[C@@H]1C(=O)N2C(C(=O)O)=C(/C=C/[C@@H]3CC[N+](C)(C)O3)CS[C@H]12)c1csc(N)n1)C(=O)O. The van der Waals surface area contributed by atoms with E-state index in [1.165, 1.54) is 31.0 Å². The van der Waals surface area contributed by atoms with Crippen molar-refractivity contribution in [2.45, 2.75) is 43.4 Å². The molecule has 4 heterocycles. The number of nitrogens with two attached hydrogens (primary N) is 1. The van der Waals surface area contributed by atoms with Crippen molar-refractivity contribution in [1.82, 2.24) is 15.2 Å². The number of rotatable bonds is 9. The van der Waals surface area contributed by atoms with Gasteiger partial charge in [0, 0.05) is 17.6 Å². The Morgan fingerprint density at radius 3 is 2.64 bits per heavy atom. The predicted molar refractivity (Wildman–Crippen MR) is 141 cm³/mol. The second kappa shape index (κ2) is 10.6. The summed E-state index contributed by atoms with van der Waals surface area (Å²) in [5.41, 5.74) is 3.90. The van der Waals surface area contributed by atoms with Crippen molar-refractivity contribution in [3.63, 3.8) is 0 Å². The van der Waals surface area contributed by atoms with E-state index in [9.17, 15) is 29.4 Å². The number of fused-ring (bicyclic) bond motifs is 1. The summed E-state index contributed by atoms with van der Waals surface area (Å²) in [6.07, 6.45) is 4.10. The molecule has 0 aliphatic carbocycles. The largest absolute Gasteiger partial charge is 0.478 e. The Hall–Kier alpha value is -3.47. The molecule has 14 nitrogen and oxygen atoms in total. The lowest BCUT2D eigenvalue weighted by molar-refractivity contribution is -1.06. The number of nitrogen functional groups attached to an aromatic ring is 1. The number of aliphatic carboxylic acids is 2. The van der Waals surface area contributed by atoms with E-state index in [1.807, 2.05) is 14.1 Å². The lowest BCUT2D eigenvalue weighted by Crippen LogP contribution is -2.71. The van der Waals surface area contributed by atoms with Crippen molar-refractivity contribution in [1.29, 1.82) is 0 Å². The maximum atomic E-state index is 13.2. The summed E-state index contributed by atoms with van der Waals surface area (Å²) < 4.78 is 0.403. The summed E-state index contributed by atoms with van der Waals surface area (Å²) in [6.45, 7) is 3.32. The molecule has 0 bridgehead atoms. The number of carbonyl (C=O) groups is 4. The van der Waals surface area contributed by atoms with Crippen LogP contribution in [0.5, 0.6) is 0 Å². The van der Waals surface area contributed by atoms with Crippen LogP contribution in [0, 0.1) is 0 Å². The number of aromatic nitrogens is 1. The van der Waals surface area contributed by atoms with Gasteiger partial charge in [0.1, 0.15) is 35.5 Å². The summed E-state index contributed by atoms with van der Waals surface area (Å²) in [7, 11) is 3.87. The van der Waals surface area contributed by atoms with Crippen molar-refractivity contribution < 1.29 is 43.7 Å². The van der Waals surface area contributed by atoms with Crippen LogP contribution in [0.25, 0.3) is 0 Å². The molecule has 1 aromatic rings. The number of hydrogen-bond donors (Lipinski definition) is 4. The number of amides is 2. The number of thiazole rings is 1. The number of hydroxylamine groups is 3. The molecular formula is C23H29N6O8S2+. The van der Waals surface area contributed by atoms with Gasteiger partial charge in [0.2, 0.25) is 5.60 Å². The molecule has 16 heteroatoms. The Bertz CT molecular complexity index is 1300. The van der Waals surface area contributed by atoms with Gasteiger partial charge < -0.3 is 26.1 Å². The zero-order valence-corrected chi connectivity index (χ0v) is 23.2. The summed E-state index contributed by atoms with van der Waals surface area (Å²) in [6, 6.07) is -1.05. The fourth-order valence-electron chi connectivity index (χ4n) is 4.05. The first-order valence-corrected chi connectivity index (χ1v) is 13.8. The molecule has 1 aromatic heterocycles. The number of allylic oxidation sites excluding steroid dienone is 1. The number of carboxylic acid groups (broad SMARTS) is 2. The van der Waals surface area contributed by atoms with E-state index in [0.717, 1.165) is 29.2 Å². The average Bonchev–Trinajstić information content (AvgIpc) is 3.44. The third-order valence-corrected chi connectivity index (χ3v) is 8.21. The lowest BCUT2D eigenvalue weighted by atomic mass is 10.0. The van der Waals surface area contributed by atoms with Crippen LogP contribution < -0.4 is 11.1 Å². The van der Waals surface area contributed by atoms with Crippen LogP contribution in [0.4, 0.5) is 5.13 Å². The number of nitrogens with zero attached hydrogens (tertiary/aromatic N) is 4. The maximum absolute atomic E-state index is 13.2. The van der Waals surface area contributed by atoms with Crippen molar-refractivity contribution in [3.8, 4) is 0 Å². The third kappa shape index (κ3) is 5.93. The quantitative estimate of drug-likeness (QED) is 0.136. The van der Waals surface area contributed by atoms with Gasteiger partial charge >= 0.3 is 11.9 Å². The van der Waals surface area contributed by atoms with Gasteiger partial charge in [-0.15, -0.1) is 23.1 Å². The van der Waals surface area contributed by atoms with Crippen molar-refractivity contribution in [2.24, 2.45) is 5.16 Å². The second-order valence-electron chi connectivity index (χ2n) is 10.0. The fraction of sp³-hybridized carbons (Fsp3) is 0.478. The van der Waals surface area contributed by atoms with Crippen molar-refractivity contribution >= 4 is 57.7 Å². The van der Waals surface area contributed by atoms with Gasteiger partial charge in [-0.3, -0.25) is 14.5 Å². The summed E-state index contributed by atoms with van der Waals surface area (Å²) in [4.78, 5) is 65.9. The highest BCUT2D eigenvalue weighted by molar-refractivity contribution is 8.00. The molecule has 210 valence electrons. The van der Waals surface area contributed by atoms with Gasteiger partial charge in [0.25, 0.3) is 11.8 Å². The number of quaternary nitrogens is 1. The number of anilines is 1. The Morgan fingerprint density at radius 2 is 2.08 bits per heavy atom. The van der Waals surface area contributed by atoms with E-state index >= 15 is 0 Å². The molecule has 0 radical (unpaired) electrons. The number of hydrogen-bond acceptors (Lipinski definition) is 11. The first-order valence-electron chi connectivity index (χ1n) is 11.8. The number of nitrogens with one attached hydrogen (secondary N) is 1. The van der Waals surface area contributed by atoms with Crippen LogP contribution in [0.2, 0.25) is 0 Å². The predicted octanol–water partition coefficient (Wildman–Crippen LogP) is 0.384. The van der Waals surface area contributed by atoms with Crippen LogP contribution in [-0.4, -0.2) is 104 Å². The van der Waals surface area contributed by atoms with Crippen molar-refractivity contribution in [3.05, 3.63) is 34.5 Å². The van der Waals surface area contributed by atoms with Crippen molar-refractivity contribution in [2.75, 3.05) is 32.1 Å². The summed E-state index contributed by atoms with van der Waals surface area (Å²) in [5.74, 6) is -3.74. The maximum Gasteiger partial charge on any atom is 0.352 e. The number of oxime groups is 1. The molecule has 2 fully saturated rings. The third-order valence-electron chi connectivity index (χ3n) is 6.23. The summed E-state index contributed by atoms with van der Waals surface area (Å²) >= 11 is 2.33. The van der Waals surface area contributed by atoms with E-state index in [-0.39, 0.29) is 28.3 Å². The smallest absolute Gasteiger partial charge is 0.352 e. The van der Waals surface area contributed by atoms with Crippen LogP contribution in [0.15, 0.2) is 34.0 Å². The molecule has 0 unspecified atom stereocenters. The second-order valence-corrected chi connectivity index (χ2v) is 12.0. The average molecular weight is 582 g/mol. The number of carboxylic acids is 2. The van der Waals surface area contributed by atoms with Gasteiger partial charge in [-0.2, -0.15) is 9.48 Å². The van der Waals surface area contributed by atoms with E-state index in [2.05, 4.69) is 15.5 Å². The minimum atomic E-state index is -1.75. The van der Waals surface area contributed by atoms with Crippen LogP contribution in [-0.2, 0) is 28.9 Å². The van der Waals surface area contributed by atoms with Crippen LogP contribution in [0.1, 0.15) is 26.0 Å². The molecule has 2 saturated heterocycles. The number of β-lactam (4-membered cyclic amide) rings is 1. The Balaban J connectivity index is 1.52. The highest BCUT2D eigenvalue weighted by Gasteiger charge is 2.54. The number of thioether (sulfide) groups is 1. The molecule has 0 aromatic carbocycles. The van der Waals surface area contributed by atoms with Gasteiger partial charge in [0.05, 0.1) is 14.1 Å². The number of carbonyl (C=O) groups excluding carboxylic acids is 2. The van der Waals surface area contributed by atoms with Gasteiger partial charge in [-0.1, -0.05) is 11.2 Å². The van der Waals surface area contributed by atoms with Crippen LogP contribution in [0.3, 0.4) is 0 Å². The molecule has 5 N–H and O–H groups in total. The normalized spacial score (nSPS) is 24.9. The zero-order chi connectivity index (χ0) is 28.7. The molecular weight excluding hydrogens is 552 g/mol. The topological polar surface area (TPSA) is 194 Å². The monoisotopic (exact) mass is 581 g/mol. The molecule has 4 rings (SSSR count). The Morgan fingerprint density at radius 1 is 1.36 bits per heavy atom. The first-order chi connectivity index (χ1) is 18.2. The minimum Gasteiger partial charge on any atom is -0.478 e. The van der Waals surface area contributed by atoms with E-state index in [0.29, 0.717) is 16.0 Å². The highest BCUT2D eigenvalue weighted by atomic mass is 32.2. The van der Waals surface area contributed by atoms with E-state index < -0.39 is 40.8 Å². The highest BCUT2D eigenvalue weighted by Crippen LogP contribution is 2.41. The summed E-state index contributed by atoms with van der Waals surface area (Å²) in [5, 5.41) is 26.4. The Kier molecular flexibility index (Phi) is 7.75. The van der Waals surface area contributed by atoms with E-state index in [4.69, 9.17) is 15.4 Å². The minimum absolute atomic E-state index is 0.0330. The van der Waals surface area contributed by atoms with Gasteiger partial charge in [-0.25, -0.2) is 14.6 Å². The Labute approximate surface area is 231 Å². The zero-order valence-electron chi connectivity index (χ0n) is 21.6. The first kappa shape index (κ1) is 28.5. The molecule has 2 amide bonds. The molecule has 0 saturated carbocycles. The van der Waals surface area contributed by atoms with E-state index in [1.54, 1.807) is 12.2 Å². The molecule has 0 spiro atoms. The van der Waals surface area contributed by atoms with Gasteiger partial charge in [-0.05, 0) is 25.5 Å². The molecule has 3 aliphatic rings. The van der Waals surface area contributed by atoms with Gasteiger partial charge in [0.15, 0.2) is 10.8 Å². The lowest BCUT2D eigenvalue weighted by Gasteiger charge is -2.49. The molecule has 39 heavy (non-hydrogen) atoms. The molecule has 3 aliphatic heterocycles.